The number of aliphatic hydroxyl groups is 1. The molecule has 0 bridgehead atoms. The van der Waals surface area contributed by atoms with Crippen molar-refractivity contribution in [1.29, 1.82) is 0 Å². The summed E-state index contributed by atoms with van der Waals surface area (Å²) in [5.74, 6) is -1.87. The van der Waals surface area contributed by atoms with Crippen LogP contribution in [0.1, 0.15) is 22.6 Å². The lowest BCUT2D eigenvalue weighted by Gasteiger charge is -2.30. The van der Waals surface area contributed by atoms with Gasteiger partial charge in [0.25, 0.3) is 5.91 Å². The number of aromatic nitrogens is 2. The first-order valence-corrected chi connectivity index (χ1v) is 8.17. The molecule has 1 aromatic carbocycles. The molecular weight excluding hydrogens is 405 g/mol. The lowest BCUT2D eigenvalue weighted by Crippen LogP contribution is -2.46. The van der Waals surface area contributed by atoms with Crippen molar-refractivity contribution < 1.29 is 41.3 Å². The van der Waals surface area contributed by atoms with Gasteiger partial charge in [0.1, 0.15) is 5.82 Å². The fourth-order valence-electron chi connectivity index (χ4n) is 2.61. The first-order chi connectivity index (χ1) is 13.5. The van der Waals surface area contributed by atoms with Gasteiger partial charge in [0, 0.05) is 38.0 Å². The van der Waals surface area contributed by atoms with E-state index >= 15 is 0 Å². The number of nitrogens with zero attached hydrogens (tertiary/aromatic N) is 2. The highest BCUT2D eigenvalue weighted by molar-refractivity contribution is 5.94. The Bertz CT molecular complexity index is 856. The van der Waals surface area contributed by atoms with Crippen LogP contribution in [-0.4, -0.2) is 47.0 Å². The van der Waals surface area contributed by atoms with Crippen molar-refractivity contribution >= 4 is 5.91 Å². The molecular formula is C17H18F5N3O4. The monoisotopic (exact) mass is 423 g/mol. The molecule has 7 nitrogen and oxygen atoms in total. The van der Waals surface area contributed by atoms with E-state index in [9.17, 15) is 31.9 Å². The number of imidazole rings is 1. The number of hydrogen-bond acceptors (Lipinski definition) is 5. The number of methoxy groups -OCH3 is 1. The molecule has 0 aliphatic heterocycles. The molecule has 0 saturated carbocycles. The first kappa shape index (κ1) is 22.4. The minimum absolute atomic E-state index is 0.0593. The number of alkyl halides is 5. The van der Waals surface area contributed by atoms with Crippen LogP contribution in [-0.2, 0) is 12.6 Å². The van der Waals surface area contributed by atoms with Crippen LogP contribution in [0.5, 0.6) is 11.5 Å². The fourth-order valence-corrected chi connectivity index (χ4v) is 2.61. The molecule has 1 heterocycles. The summed E-state index contributed by atoms with van der Waals surface area (Å²) >= 11 is 0. The topological polar surface area (TPSA) is 85.6 Å². The second kappa shape index (κ2) is 8.64. The van der Waals surface area contributed by atoms with Crippen molar-refractivity contribution in [1.82, 2.24) is 14.9 Å². The van der Waals surface area contributed by atoms with Crippen LogP contribution in [0.15, 0.2) is 30.6 Å². The largest absolute Gasteiger partial charge is 0.493 e. The molecule has 0 fully saturated rings. The molecule has 0 aliphatic carbocycles. The maximum atomic E-state index is 13.4. The van der Waals surface area contributed by atoms with Crippen LogP contribution in [0.25, 0.3) is 0 Å². The van der Waals surface area contributed by atoms with Crippen molar-refractivity contribution in [3.8, 4) is 11.5 Å². The van der Waals surface area contributed by atoms with Crippen molar-refractivity contribution in [2.45, 2.75) is 24.8 Å². The Balaban J connectivity index is 2.11. The third-order valence-electron chi connectivity index (χ3n) is 4.07. The number of amides is 1. The summed E-state index contributed by atoms with van der Waals surface area (Å²) in [6.45, 7) is -3.64. The normalized spacial score (nSPS) is 13.8. The van der Waals surface area contributed by atoms with Crippen molar-refractivity contribution in [2.24, 2.45) is 7.05 Å². The van der Waals surface area contributed by atoms with Crippen LogP contribution < -0.4 is 14.8 Å². The Labute approximate surface area is 162 Å². The van der Waals surface area contributed by atoms with E-state index in [1.165, 1.54) is 20.4 Å². The van der Waals surface area contributed by atoms with Gasteiger partial charge in [-0.1, -0.05) is 0 Å². The molecule has 29 heavy (non-hydrogen) atoms. The lowest BCUT2D eigenvalue weighted by molar-refractivity contribution is -0.272. The quantitative estimate of drug-likeness (QED) is 0.638. The summed E-state index contributed by atoms with van der Waals surface area (Å²) in [6, 6.07) is 3.31. The Hall–Kier alpha value is -2.89. The fraction of sp³-hybridized carbons (Fsp3) is 0.412. The summed E-state index contributed by atoms with van der Waals surface area (Å²) in [6.07, 6.45) is -3.56. The zero-order chi connectivity index (χ0) is 21.8. The highest BCUT2D eigenvalue weighted by atomic mass is 19.4. The minimum atomic E-state index is -5.03. The molecule has 1 aromatic heterocycles. The molecule has 2 aromatic rings. The molecule has 0 radical (unpaired) electrons. The number of nitrogens with one attached hydrogen (secondary N) is 1. The van der Waals surface area contributed by atoms with Gasteiger partial charge in [0.15, 0.2) is 11.5 Å². The number of ether oxygens (including phenoxy) is 2. The average molecular weight is 423 g/mol. The maximum absolute atomic E-state index is 13.4. The Morgan fingerprint density at radius 1 is 1.31 bits per heavy atom. The van der Waals surface area contributed by atoms with Crippen LogP contribution in [0.3, 0.4) is 0 Å². The third-order valence-corrected chi connectivity index (χ3v) is 4.07. The summed E-state index contributed by atoms with van der Waals surface area (Å²) in [7, 11) is 2.47. The number of rotatable bonds is 8. The van der Waals surface area contributed by atoms with Crippen LogP contribution in [0.2, 0.25) is 0 Å². The third kappa shape index (κ3) is 4.94. The van der Waals surface area contributed by atoms with Crippen molar-refractivity contribution in [2.75, 3.05) is 13.7 Å². The summed E-state index contributed by atoms with van der Waals surface area (Å²) in [5.41, 5.74) is -3.33. The second-order valence-corrected chi connectivity index (χ2v) is 5.97. The Morgan fingerprint density at radius 2 is 2.00 bits per heavy atom. The predicted molar refractivity (Wildman–Crippen MR) is 89.7 cm³/mol. The van der Waals surface area contributed by atoms with Gasteiger partial charge >= 0.3 is 12.8 Å². The predicted octanol–water partition coefficient (Wildman–Crippen LogP) is 2.60. The molecule has 1 amide bonds. The molecule has 0 aliphatic rings. The van der Waals surface area contributed by atoms with E-state index < -0.39 is 43.1 Å². The van der Waals surface area contributed by atoms with Gasteiger partial charge in [0.2, 0.25) is 5.60 Å². The minimum Gasteiger partial charge on any atom is -0.493 e. The zero-order valence-corrected chi connectivity index (χ0v) is 15.3. The molecule has 0 spiro atoms. The number of carbonyl (C=O) groups excluding carboxylic acids is 1. The molecule has 1 atom stereocenters. The standard InChI is InChI=1S/C17H18F5N3O4/c1-25-8-7-24-14(25)16(27,17(20,21)22)5-6-23-13(26)10-3-4-11(29-15(18)19)12(9-10)28-2/h3-4,7-9,15,27H,5-6H2,1-2H3,(H,23,26). The number of carbonyl (C=O) groups is 1. The van der Waals surface area contributed by atoms with Gasteiger partial charge in [-0.25, -0.2) is 4.98 Å². The van der Waals surface area contributed by atoms with Crippen molar-refractivity contribution in [3.05, 3.63) is 42.0 Å². The summed E-state index contributed by atoms with van der Waals surface area (Å²) in [4.78, 5) is 15.8. The van der Waals surface area contributed by atoms with Crippen LogP contribution >= 0.6 is 0 Å². The van der Waals surface area contributed by atoms with E-state index in [4.69, 9.17) is 4.74 Å². The summed E-state index contributed by atoms with van der Waals surface area (Å²) < 4.78 is 75.1. The first-order valence-electron chi connectivity index (χ1n) is 8.17. The number of aryl methyl sites for hydroxylation is 1. The van der Waals surface area contributed by atoms with E-state index in [0.29, 0.717) is 0 Å². The number of benzene rings is 1. The second-order valence-electron chi connectivity index (χ2n) is 5.97. The molecule has 2 rings (SSSR count). The molecule has 2 N–H and O–H groups in total. The van der Waals surface area contributed by atoms with E-state index in [0.717, 1.165) is 29.0 Å². The van der Waals surface area contributed by atoms with Crippen LogP contribution in [0.4, 0.5) is 22.0 Å². The van der Waals surface area contributed by atoms with Gasteiger partial charge in [-0.3, -0.25) is 4.79 Å². The van der Waals surface area contributed by atoms with Gasteiger partial charge in [-0.2, -0.15) is 22.0 Å². The van der Waals surface area contributed by atoms with Gasteiger partial charge in [0.05, 0.1) is 7.11 Å². The van der Waals surface area contributed by atoms with Gasteiger partial charge in [-0.15, -0.1) is 0 Å². The van der Waals surface area contributed by atoms with E-state index in [1.54, 1.807) is 0 Å². The lowest BCUT2D eigenvalue weighted by atomic mass is 9.97. The van der Waals surface area contributed by atoms with Crippen molar-refractivity contribution in [3.63, 3.8) is 0 Å². The zero-order valence-electron chi connectivity index (χ0n) is 15.3. The summed E-state index contributed by atoms with van der Waals surface area (Å²) in [5, 5.41) is 12.4. The maximum Gasteiger partial charge on any atom is 0.424 e. The van der Waals surface area contributed by atoms with Crippen LogP contribution in [0, 0.1) is 0 Å². The Kier molecular flexibility index (Phi) is 6.67. The molecule has 1 unspecified atom stereocenters. The molecule has 160 valence electrons. The highest BCUT2D eigenvalue weighted by Crippen LogP contribution is 2.40. The van der Waals surface area contributed by atoms with Gasteiger partial charge < -0.3 is 24.5 Å². The Morgan fingerprint density at radius 3 is 2.52 bits per heavy atom. The smallest absolute Gasteiger partial charge is 0.424 e. The molecule has 0 saturated heterocycles. The average Bonchev–Trinajstić information content (AvgIpc) is 3.06. The molecule has 12 heteroatoms. The van der Waals surface area contributed by atoms with E-state index in [-0.39, 0.29) is 17.1 Å². The van der Waals surface area contributed by atoms with Gasteiger partial charge in [-0.05, 0) is 18.2 Å². The highest BCUT2D eigenvalue weighted by Gasteiger charge is 2.57. The number of hydrogen-bond donors (Lipinski definition) is 2. The number of halogens is 5. The van der Waals surface area contributed by atoms with E-state index in [2.05, 4.69) is 15.0 Å². The van der Waals surface area contributed by atoms with E-state index in [1.807, 2.05) is 0 Å². The SMILES string of the molecule is COc1cc(C(=O)NCCC(O)(c2nccn2C)C(F)(F)F)ccc1OC(F)F.